The fourth-order valence-electron chi connectivity index (χ4n) is 2.89. The fraction of sp³-hybridized carbons (Fsp3) is 0.533. The second kappa shape index (κ2) is 7.61. The smallest absolute Gasteiger partial charge is 0.343 e. The predicted octanol–water partition coefficient (Wildman–Crippen LogP) is 0.505. The van der Waals surface area contributed by atoms with Crippen molar-refractivity contribution in [1.29, 1.82) is 0 Å². The van der Waals surface area contributed by atoms with Crippen molar-refractivity contribution >= 4 is 24.0 Å². The molecule has 3 rings (SSSR count). The highest BCUT2D eigenvalue weighted by atomic mass is 35.5. The fourth-order valence-corrected chi connectivity index (χ4v) is 2.89. The first-order valence-electron chi connectivity index (χ1n) is 7.71. The molecule has 126 valence electrons. The minimum atomic E-state index is -0.203. The van der Waals surface area contributed by atoms with Gasteiger partial charge in [0.25, 0.3) is 0 Å². The summed E-state index contributed by atoms with van der Waals surface area (Å²) in [5, 5.41) is 4.23. The van der Waals surface area contributed by atoms with Crippen LogP contribution in [-0.2, 0) is 11.3 Å². The molecule has 2 aromatic heterocycles. The molecule has 0 unspecified atom stereocenters. The van der Waals surface area contributed by atoms with Gasteiger partial charge in [0.15, 0.2) is 5.65 Å². The third kappa shape index (κ3) is 3.73. The quantitative estimate of drug-likeness (QED) is 0.879. The number of carbonyl (C=O) groups excluding carboxylic acids is 1. The largest absolute Gasteiger partial charge is 0.350 e. The van der Waals surface area contributed by atoms with E-state index in [4.69, 9.17) is 5.73 Å². The molecular formula is C15H22ClN5O2. The van der Waals surface area contributed by atoms with Crippen LogP contribution in [-0.4, -0.2) is 44.6 Å². The number of aryl methyl sites for hydroxylation is 1. The number of amides is 1. The number of hydrogen-bond donors (Lipinski definition) is 1. The minimum Gasteiger partial charge on any atom is -0.343 e. The van der Waals surface area contributed by atoms with Gasteiger partial charge in [0.2, 0.25) is 5.91 Å². The van der Waals surface area contributed by atoms with Crippen LogP contribution in [0.1, 0.15) is 19.3 Å². The van der Waals surface area contributed by atoms with Gasteiger partial charge in [-0.3, -0.25) is 9.20 Å². The first-order valence-corrected chi connectivity index (χ1v) is 7.71. The monoisotopic (exact) mass is 339 g/mol. The van der Waals surface area contributed by atoms with E-state index in [1.54, 1.807) is 18.3 Å². The maximum Gasteiger partial charge on any atom is 0.350 e. The van der Waals surface area contributed by atoms with Crippen LogP contribution in [0.15, 0.2) is 29.2 Å². The van der Waals surface area contributed by atoms with Gasteiger partial charge in [-0.1, -0.05) is 6.07 Å². The van der Waals surface area contributed by atoms with E-state index in [9.17, 15) is 9.59 Å². The van der Waals surface area contributed by atoms with E-state index in [0.29, 0.717) is 31.1 Å². The lowest BCUT2D eigenvalue weighted by Gasteiger charge is -2.31. The van der Waals surface area contributed by atoms with Gasteiger partial charge >= 0.3 is 5.69 Å². The van der Waals surface area contributed by atoms with Crippen molar-refractivity contribution in [2.75, 3.05) is 19.6 Å². The Bertz CT molecular complexity index is 718. The number of likely N-dealkylation sites (tertiary alicyclic amines) is 1. The first kappa shape index (κ1) is 17.5. The molecule has 0 radical (unpaired) electrons. The molecule has 1 aliphatic rings. The molecule has 0 atom stereocenters. The highest BCUT2D eigenvalue weighted by Gasteiger charge is 2.21. The van der Waals surface area contributed by atoms with Crippen LogP contribution in [0.3, 0.4) is 0 Å². The van der Waals surface area contributed by atoms with Crippen molar-refractivity contribution in [2.45, 2.75) is 25.8 Å². The van der Waals surface area contributed by atoms with Gasteiger partial charge in [0.05, 0.1) is 6.54 Å². The Morgan fingerprint density at radius 3 is 2.70 bits per heavy atom. The van der Waals surface area contributed by atoms with E-state index >= 15 is 0 Å². The zero-order chi connectivity index (χ0) is 15.5. The Hall–Kier alpha value is -1.86. The Balaban J connectivity index is 0.00000192. The molecule has 2 N–H and O–H groups in total. The van der Waals surface area contributed by atoms with E-state index in [1.807, 2.05) is 11.0 Å². The second-order valence-electron chi connectivity index (χ2n) is 5.74. The van der Waals surface area contributed by atoms with E-state index < -0.39 is 0 Å². The lowest BCUT2D eigenvalue weighted by molar-refractivity contribution is -0.132. The van der Waals surface area contributed by atoms with E-state index in [2.05, 4.69) is 5.10 Å². The number of nitrogens with zero attached hydrogens (tertiary/aromatic N) is 4. The molecular weight excluding hydrogens is 318 g/mol. The molecule has 3 heterocycles. The van der Waals surface area contributed by atoms with Crippen LogP contribution in [0.2, 0.25) is 0 Å². The predicted molar refractivity (Wildman–Crippen MR) is 89.7 cm³/mol. The highest BCUT2D eigenvalue weighted by Crippen LogP contribution is 2.16. The van der Waals surface area contributed by atoms with Crippen molar-refractivity contribution in [3.63, 3.8) is 0 Å². The van der Waals surface area contributed by atoms with Crippen molar-refractivity contribution in [2.24, 2.45) is 11.7 Å². The topological polar surface area (TPSA) is 85.6 Å². The number of pyridine rings is 1. The Morgan fingerprint density at radius 2 is 2.04 bits per heavy atom. The lowest BCUT2D eigenvalue weighted by atomic mass is 9.97. The Morgan fingerprint density at radius 1 is 1.30 bits per heavy atom. The van der Waals surface area contributed by atoms with Gasteiger partial charge in [-0.15, -0.1) is 17.5 Å². The van der Waals surface area contributed by atoms with Gasteiger partial charge in [0.1, 0.15) is 0 Å². The SMILES string of the molecule is Cl.NCC1CCN(C(=O)CCn2nc3ccccn3c2=O)CC1. The zero-order valence-electron chi connectivity index (χ0n) is 12.9. The molecule has 23 heavy (non-hydrogen) atoms. The summed E-state index contributed by atoms with van der Waals surface area (Å²) in [6.07, 6.45) is 3.92. The number of fused-ring (bicyclic) bond motifs is 1. The molecule has 0 spiro atoms. The standard InChI is InChI=1S/C15H21N5O2.ClH/c16-11-12-4-8-18(9-5-12)14(21)6-10-20-15(22)19-7-2-1-3-13(19)17-20;/h1-3,7,12H,4-6,8-11,16H2;1H. The number of aromatic nitrogens is 3. The molecule has 1 aliphatic heterocycles. The summed E-state index contributed by atoms with van der Waals surface area (Å²) in [6.45, 7) is 2.54. The van der Waals surface area contributed by atoms with Gasteiger partial charge in [-0.25, -0.2) is 9.48 Å². The van der Waals surface area contributed by atoms with Crippen LogP contribution in [0.4, 0.5) is 0 Å². The van der Waals surface area contributed by atoms with E-state index in [0.717, 1.165) is 25.9 Å². The maximum absolute atomic E-state index is 12.2. The summed E-state index contributed by atoms with van der Waals surface area (Å²) >= 11 is 0. The van der Waals surface area contributed by atoms with Gasteiger partial charge in [-0.05, 0) is 37.4 Å². The number of carbonyl (C=O) groups is 1. The minimum absolute atomic E-state index is 0. The zero-order valence-corrected chi connectivity index (χ0v) is 13.7. The summed E-state index contributed by atoms with van der Waals surface area (Å²) in [6, 6.07) is 5.39. The Kier molecular flexibility index (Phi) is 5.79. The Labute approximate surface area is 140 Å². The summed E-state index contributed by atoms with van der Waals surface area (Å²) < 4.78 is 2.84. The average molecular weight is 340 g/mol. The molecule has 1 amide bonds. The average Bonchev–Trinajstić information content (AvgIpc) is 2.89. The van der Waals surface area contributed by atoms with Gasteiger partial charge in [-0.2, -0.15) is 0 Å². The van der Waals surface area contributed by atoms with Crippen LogP contribution in [0.25, 0.3) is 5.65 Å². The van der Waals surface area contributed by atoms with E-state index in [-0.39, 0.29) is 24.0 Å². The third-order valence-electron chi connectivity index (χ3n) is 4.33. The van der Waals surface area contributed by atoms with Crippen LogP contribution in [0.5, 0.6) is 0 Å². The van der Waals surface area contributed by atoms with Gasteiger partial charge < -0.3 is 10.6 Å². The number of piperidine rings is 1. The molecule has 0 bridgehead atoms. The normalized spacial score (nSPS) is 15.6. The summed E-state index contributed by atoms with van der Waals surface area (Å²) in [5.74, 6) is 0.615. The molecule has 0 saturated carbocycles. The second-order valence-corrected chi connectivity index (χ2v) is 5.74. The first-order chi connectivity index (χ1) is 10.7. The molecule has 2 aromatic rings. The summed E-state index contributed by atoms with van der Waals surface area (Å²) in [5.41, 5.74) is 6.06. The van der Waals surface area contributed by atoms with Crippen molar-refractivity contribution in [3.8, 4) is 0 Å². The van der Waals surface area contributed by atoms with Crippen molar-refractivity contribution < 1.29 is 4.79 Å². The molecule has 0 aromatic carbocycles. The van der Waals surface area contributed by atoms with Crippen molar-refractivity contribution in [3.05, 3.63) is 34.9 Å². The molecule has 1 fully saturated rings. The highest BCUT2D eigenvalue weighted by molar-refractivity contribution is 5.85. The number of halogens is 1. The number of hydrogen-bond acceptors (Lipinski definition) is 4. The van der Waals surface area contributed by atoms with E-state index in [1.165, 1.54) is 9.08 Å². The van der Waals surface area contributed by atoms with Crippen LogP contribution >= 0.6 is 12.4 Å². The van der Waals surface area contributed by atoms with Crippen molar-refractivity contribution in [1.82, 2.24) is 19.1 Å². The maximum atomic E-state index is 12.2. The summed E-state index contributed by atoms with van der Waals surface area (Å²) in [4.78, 5) is 26.2. The summed E-state index contributed by atoms with van der Waals surface area (Å²) in [7, 11) is 0. The lowest BCUT2D eigenvalue weighted by Crippen LogP contribution is -2.40. The number of rotatable bonds is 4. The third-order valence-corrected chi connectivity index (χ3v) is 4.33. The molecule has 7 nitrogen and oxygen atoms in total. The molecule has 8 heteroatoms. The molecule has 1 saturated heterocycles. The van der Waals surface area contributed by atoms with Crippen LogP contribution in [0, 0.1) is 5.92 Å². The number of nitrogens with two attached hydrogens (primary N) is 1. The molecule has 0 aliphatic carbocycles. The van der Waals surface area contributed by atoms with Gasteiger partial charge in [0, 0.05) is 25.7 Å². The van der Waals surface area contributed by atoms with Crippen LogP contribution < -0.4 is 11.4 Å².